The van der Waals surface area contributed by atoms with Crippen molar-refractivity contribution in [3.8, 4) is 5.75 Å². The topological polar surface area (TPSA) is 60.2 Å². The van der Waals surface area contributed by atoms with Crippen molar-refractivity contribution in [2.75, 3.05) is 0 Å². The molecule has 3 rings (SSSR count). The number of aromatic hydroxyl groups is 1. The van der Waals surface area contributed by atoms with E-state index in [4.69, 9.17) is 4.74 Å². The monoisotopic (exact) mass is 301 g/mol. The zero-order valence-electron chi connectivity index (χ0n) is 13.1. The van der Waals surface area contributed by atoms with Crippen LogP contribution in [0.5, 0.6) is 5.75 Å². The Kier molecular flexibility index (Phi) is 4.43. The zero-order chi connectivity index (χ0) is 15.5. The zero-order valence-corrected chi connectivity index (χ0v) is 13.1. The molecule has 0 bridgehead atoms. The number of phenolic OH excluding ortho intramolecular Hbond substituents is 1. The first-order valence-electron chi connectivity index (χ1n) is 7.95. The minimum atomic E-state index is 0.113. The number of aromatic nitrogens is 3. The van der Waals surface area contributed by atoms with Crippen LogP contribution in [-0.4, -0.2) is 32.1 Å². The molecule has 3 atom stereocenters. The van der Waals surface area contributed by atoms with Crippen molar-refractivity contribution >= 4 is 0 Å². The molecule has 118 valence electrons. The van der Waals surface area contributed by atoms with Gasteiger partial charge in [0, 0.05) is 6.42 Å². The molecule has 0 saturated carbocycles. The van der Waals surface area contributed by atoms with Crippen LogP contribution in [0.2, 0.25) is 0 Å². The Labute approximate surface area is 131 Å². The second-order valence-corrected chi connectivity index (χ2v) is 6.12. The Morgan fingerprint density at radius 2 is 2.27 bits per heavy atom. The molecule has 1 aliphatic carbocycles. The fraction of sp³-hybridized carbons (Fsp3) is 0.529. The van der Waals surface area contributed by atoms with Crippen molar-refractivity contribution < 1.29 is 9.84 Å². The maximum absolute atomic E-state index is 10.1. The third-order valence-electron chi connectivity index (χ3n) is 4.51. The predicted molar refractivity (Wildman–Crippen MR) is 83.7 cm³/mol. The van der Waals surface area contributed by atoms with Crippen molar-refractivity contribution in [1.29, 1.82) is 0 Å². The van der Waals surface area contributed by atoms with Gasteiger partial charge in [-0.05, 0) is 36.0 Å². The van der Waals surface area contributed by atoms with Crippen LogP contribution in [0.1, 0.15) is 31.4 Å². The van der Waals surface area contributed by atoms with Gasteiger partial charge in [0.2, 0.25) is 0 Å². The molecule has 0 radical (unpaired) electrons. The lowest BCUT2D eigenvalue weighted by molar-refractivity contribution is -0.0521. The highest BCUT2D eigenvalue weighted by Crippen LogP contribution is 2.33. The average Bonchev–Trinajstić information content (AvgIpc) is 3.01. The normalized spacial score (nSPS) is 22.3. The number of nitrogens with zero attached hydrogens (tertiary/aromatic N) is 3. The van der Waals surface area contributed by atoms with Crippen LogP contribution in [0.4, 0.5) is 0 Å². The summed E-state index contributed by atoms with van der Waals surface area (Å²) in [6.45, 7) is 5.06. The molecule has 1 N–H and O–H groups in total. The van der Waals surface area contributed by atoms with Crippen LogP contribution in [-0.2, 0) is 24.1 Å². The van der Waals surface area contributed by atoms with E-state index in [1.54, 1.807) is 18.7 Å². The summed E-state index contributed by atoms with van der Waals surface area (Å²) in [5.74, 6) is 0.835. The van der Waals surface area contributed by atoms with Crippen molar-refractivity contribution in [3.63, 3.8) is 0 Å². The number of hydrogen-bond acceptors (Lipinski definition) is 4. The van der Waals surface area contributed by atoms with E-state index in [1.165, 1.54) is 5.56 Å². The van der Waals surface area contributed by atoms with Crippen molar-refractivity contribution in [3.05, 3.63) is 42.0 Å². The first-order valence-corrected chi connectivity index (χ1v) is 7.95. The van der Waals surface area contributed by atoms with E-state index in [1.807, 2.05) is 10.7 Å². The van der Waals surface area contributed by atoms with E-state index in [9.17, 15) is 5.11 Å². The summed E-state index contributed by atoms with van der Waals surface area (Å²) in [6, 6.07) is 5.79. The minimum absolute atomic E-state index is 0.113. The second-order valence-electron chi connectivity index (χ2n) is 6.12. The molecular weight excluding hydrogens is 278 g/mol. The molecule has 0 fully saturated rings. The standard InChI is InChI=1S/C17H23N3O2/c1-3-14(9-20-11-18-10-19-20)22-17-8-15-13(7-12(17)2)5-4-6-16(15)21/h4-6,10-12,14,17,21H,3,7-9H2,1-2H3/t12?,14?,17-/m1/s1. The summed E-state index contributed by atoms with van der Waals surface area (Å²) in [7, 11) is 0. The summed E-state index contributed by atoms with van der Waals surface area (Å²) in [4.78, 5) is 3.98. The Bertz CT molecular complexity index is 612. The quantitative estimate of drug-likeness (QED) is 0.922. The molecule has 1 aromatic carbocycles. The van der Waals surface area contributed by atoms with Crippen molar-refractivity contribution in [2.45, 2.75) is 51.9 Å². The van der Waals surface area contributed by atoms with Gasteiger partial charge in [0.25, 0.3) is 0 Å². The summed E-state index contributed by atoms with van der Waals surface area (Å²) in [5, 5.41) is 14.2. The van der Waals surface area contributed by atoms with Crippen molar-refractivity contribution in [2.24, 2.45) is 5.92 Å². The van der Waals surface area contributed by atoms with Gasteiger partial charge in [0.05, 0.1) is 18.8 Å². The van der Waals surface area contributed by atoms with Crippen LogP contribution in [0.3, 0.4) is 0 Å². The Morgan fingerprint density at radius 3 is 3.00 bits per heavy atom. The molecule has 22 heavy (non-hydrogen) atoms. The fourth-order valence-electron chi connectivity index (χ4n) is 3.16. The molecule has 1 aromatic heterocycles. The lowest BCUT2D eigenvalue weighted by Gasteiger charge is -2.33. The SMILES string of the molecule is CCC(Cn1cncn1)O[C@@H]1Cc2c(O)cccc2CC1C. The third kappa shape index (κ3) is 3.14. The number of benzene rings is 1. The van der Waals surface area contributed by atoms with E-state index in [-0.39, 0.29) is 12.2 Å². The molecule has 1 heterocycles. The van der Waals surface area contributed by atoms with E-state index in [2.05, 4.69) is 30.0 Å². The molecule has 5 nitrogen and oxygen atoms in total. The van der Waals surface area contributed by atoms with E-state index >= 15 is 0 Å². The maximum Gasteiger partial charge on any atom is 0.137 e. The van der Waals surface area contributed by atoms with Gasteiger partial charge < -0.3 is 9.84 Å². The molecule has 0 saturated heterocycles. The highest BCUT2D eigenvalue weighted by molar-refractivity contribution is 5.41. The van der Waals surface area contributed by atoms with E-state index < -0.39 is 0 Å². The van der Waals surface area contributed by atoms with Gasteiger partial charge in [0.15, 0.2) is 0 Å². The van der Waals surface area contributed by atoms with Crippen LogP contribution < -0.4 is 0 Å². The maximum atomic E-state index is 10.1. The van der Waals surface area contributed by atoms with Gasteiger partial charge in [-0.15, -0.1) is 0 Å². The molecule has 2 unspecified atom stereocenters. The summed E-state index contributed by atoms with van der Waals surface area (Å²) < 4.78 is 8.15. The molecule has 0 amide bonds. The first kappa shape index (κ1) is 15.0. The summed E-state index contributed by atoms with van der Waals surface area (Å²) in [5.41, 5.74) is 2.29. The second kappa shape index (κ2) is 6.48. The van der Waals surface area contributed by atoms with Gasteiger partial charge in [-0.3, -0.25) is 4.68 Å². The molecule has 2 aromatic rings. The van der Waals surface area contributed by atoms with Crippen LogP contribution in [0.15, 0.2) is 30.9 Å². The molecule has 0 spiro atoms. The number of rotatable bonds is 5. The molecule has 0 aliphatic heterocycles. The number of phenols is 1. The van der Waals surface area contributed by atoms with Gasteiger partial charge in [-0.25, -0.2) is 4.98 Å². The Morgan fingerprint density at radius 1 is 1.41 bits per heavy atom. The third-order valence-corrected chi connectivity index (χ3v) is 4.51. The number of hydrogen-bond donors (Lipinski definition) is 1. The molecular formula is C17H23N3O2. The smallest absolute Gasteiger partial charge is 0.137 e. The van der Waals surface area contributed by atoms with Gasteiger partial charge in [0.1, 0.15) is 18.4 Å². The van der Waals surface area contributed by atoms with Gasteiger partial charge in [-0.1, -0.05) is 26.0 Å². The lowest BCUT2D eigenvalue weighted by Crippen LogP contribution is -2.35. The fourth-order valence-corrected chi connectivity index (χ4v) is 3.16. The molecule has 1 aliphatic rings. The largest absolute Gasteiger partial charge is 0.508 e. The predicted octanol–water partition coefficient (Wildman–Crippen LogP) is 2.58. The summed E-state index contributed by atoms with van der Waals surface area (Å²) >= 11 is 0. The highest BCUT2D eigenvalue weighted by Gasteiger charge is 2.29. The van der Waals surface area contributed by atoms with Crippen molar-refractivity contribution in [1.82, 2.24) is 14.8 Å². The minimum Gasteiger partial charge on any atom is -0.508 e. The number of ether oxygens (including phenoxy) is 1. The Balaban J connectivity index is 1.70. The lowest BCUT2D eigenvalue weighted by atomic mass is 9.82. The van der Waals surface area contributed by atoms with Crippen LogP contribution >= 0.6 is 0 Å². The van der Waals surface area contributed by atoms with Gasteiger partial charge >= 0.3 is 0 Å². The summed E-state index contributed by atoms with van der Waals surface area (Å²) in [6.07, 6.45) is 6.17. The van der Waals surface area contributed by atoms with E-state index in [0.717, 1.165) is 24.8 Å². The van der Waals surface area contributed by atoms with Gasteiger partial charge in [-0.2, -0.15) is 5.10 Å². The Hall–Kier alpha value is -1.88. The van der Waals surface area contributed by atoms with Crippen LogP contribution in [0.25, 0.3) is 0 Å². The highest BCUT2D eigenvalue weighted by atomic mass is 16.5. The average molecular weight is 301 g/mol. The number of fused-ring (bicyclic) bond motifs is 1. The van der Waals surface area contributed by atoms with E-state index in [0.29, 0.717) is 18.2 Å². The molecule has 5 heteroatoms. The first-order chi connectivity index (χ1) is 10.7. The van der Waals surface area contributed by atoms with Crippen LogP contribution in [0, 0.1) is 5.92 Å².